The van der Waals surface area contributed by atoms with Crippen molar-refractivity contribution >= 4 is 21.4 Å². The van der Waals surface area contributed by atoms with Gasteiger partial charge in [0.25, 0.3) is 0 Å². The van der Waals surface area contributed by atoms with Crippen molar-refractivity contribution in [1.82, 2.24) is 9.71 Å². The number of thiazole rings is 1. The first-order valence-corrected chi connectivity index (χ1v) is 5.68. The van der Waals surface area contributed by atoms with Crippen LogP contribution in [0.25, 0.3) is 0 Å². The molecule has 1 N–H and O–H groups in total. The van der Waals surface area contributed by atoms with E-state index in [9.17, 15) is 8.42 Å². The molecular formula is C5H8N2O2S2. The maximum atomic E-state index is 10.6. The summed E-state index contributed by atoms with van der Waals surface area (Å²) in [6.45, 7) is 0.288. The third kappa shape index (κ3) is 3.45. The molecule has 0 amide bonds. The molecule has 4 nitrogen and oxygen atoms in total. The first kappa shape index (κ1) is 8.63. The minimum absolute atomic E-state index is 0.288. The van der Waals surface area contributed by atoms with Crippen molar-refractivity contribution in [2.75, 3.05) is 6.26 Å². The first-order chi connectivity index (χ1) is 5.08. The third-order valence-corrected chi connectivity index (χ3v) is 2.42. The molecule has 62 valence electrons. The molecule has 1 heterocycles. The van der Waals surface area contributed by atoms with E-state index >= 15 is 0 Å². The summed E-state index contributed by atoms with van der Waals surface area (Å²) in [4.78, 5) is 3.91. The molecule has 1 rings (SSSR count). The van der Waals surface area contributed by atoms with Crippen molar-refractivity contribution in [2.45, 2.75) is 6.54 Å². The Labute approximate surface area is 69.3 Å². The summed E-state index contributed by atoms with van der Waals surface area (Å²) in [6.07, 6.45) is 2.77. The molecule has 0 aliphatic rings. The quantitative estimate of drug-likeness (QED) is 0.744. The zero-order valence-electron chi connectivity index (χ0n) is 5.94. The summed E-state index contributed by atoms with van der Waals surface area (Å²) in [5.41, 5.74) is 0. The molecule has 0 aromatic carbocycles. The Hall–Kier alpha value is -0.460. The molecule has 0 bridgehead atoms. The van der Waals surface area contributed by atoms with Gasteiger partial charge < -0.3 is 0 Å². The van der Waals surface area contributed by atoms with Gasteiger partial charge in [0.15, 0.2) is 0 Å². The zero-order valence-corrected chi connectivity index (χ0v) is 7.58. The lowest BCUT2D eigenvalue weighted by atomic mass is 10.7. The van der Waals surface area contributed by atoms with E-state index in [0.717, 1.165) is 11.3 Å². The minimum Gasteiger partial charge on any atom is -0.248 e. The van der Waals surface area contributed by atoms with Gasteiger partial charge in [0, 0.05) is 11.6 Å². The van der Waals surface area contributed by atoms with Gasteiger partial charge in [-0.3, -0.25) is 0 Å². The van der Waals surface area contributed by atoms with E-state index in [1.54, 1.807) is 11.6 Å². The Kier molecular flexibility index (Phi) is 2.58. The standard InChI is InChI=1S/C5H8N2O2S2/c1-11(8,9)7-4-5-6-2-3-10-5/h2-3,7H,4H2,1H3. The van der Waals surface area contributed by atoms with Crippen LogP contribution >= 0.6 is 11.3 Å². The Balaban J connectivity index is 2.48. The van der Waals surface area contributed by atoms with Gasteiger partial charge in [-0.15, -0.1) is 11.3 Å². The average Bonchev–Trinajstić information content (AvgIpc) is 2.32. The number of rotatable bonds is 3. The number of aromatic nitrogens is 1. The number of sulfonamides is 1. The maximum absolute atomic E-state index is 10.6. The monoisotopic (exact) mass is 192 g/mol. The first-order valence-electron chi connectivity index (χ1n) is 2.91. The predicted octanol–water partition coefficient (Wildman–Crippen LogP) is 0.192. The summed E-state index contributed by atoms with van der Waals surface area (Å²) >= 11 is 1.43. The van der Waals surface area contributed by atoms with Gasteiger partial charge in [-0.05, 0) is 0 Å². The second-order valence-corrected chi connectivity index (χ2v) is 4.83. The Bertz CT molecular complexity index is 303. The lowest BCUT2D eigenvalue weighted by Gasteiger charge is -1.96. The van der Waals surface area contributed by atoms with E-state index in [-0.39, 0.29) is 6.54 Å². The molecule has 0 saturated heterocycles. The van der Waals surface area contributed by atoms with E-state index in [2.05, 4.69) is 9.71 Å². The summed E-state index contributed by atoms with van der Waals surface area (Å²) in [5.74, 6) is 0. The van der Waals surface area contributed by atoms with Gasteiger partial charge in [0.05, 0.1) is 12.8 Å². The summed E-state index contributed by atoms with van der Waals surface area (Å²) in [5, 5.41) is 2.58. The van der Waals surface area contributed by atoms with E-state index in [1.165, 1.54) is 11.3 Å². The molecule has 0 spiro atoms. The lowest BCUT2D eigenvalue weighted by molar-refractivity contribution is 0.587. The van der Waals surface area contributed by atoms with E-state index in [1.807, 2.05) is 0 Å². The molecule has 0 atom stereocenters. The summed E-state index contributed by atoms with van der Waals surface area (Å²) < 4.78 is 23.5. The van der Waals surface area contributed by atoms with Gasteiger partial charge in [0.1, 0.15) is 5.01 Å². The molecule has 0 aliphatic carbocycles. The van der Waals surface area contributed by atoms with Crippen LogP contribution in [0, 0.1) is 0 Å². The molecule has 6 heteroatoms. The molecule has 0 fully saturated rings. The molecule has 0 unspecified atom stereocenters. The van der Waals surface area contributed by atoms with Crippen molar-refractivity contribution < 1.29 is 8.42 Å². The van der Waals surface area contributed by atoms with Crippen LogP contribution in [0.3, 0.4) is 0 Å². The highest BCUT2D eigenvalue weighted by Crippen LogP contribution is 2.02. The van der Waals surface area contributed by atoms with Crippen molar-refractivity contribution in [3.63, 3.8) is 0 Å². The topological polar surface area (TPSA) is 59.1 Å². The number of hydrogen-bond acceptors (Lipinski definition) is 4. The third-order valence-electron chi connectivity index (χ3n) is 0.969. The Morgan fingerprint density at radius 1 is 1.73 bits per heavy atom. The highest BCUT2D eigenvalue weighted by atomic mass is 32.2. The van der Waals surface area contributed by atoms with Crippen molar-refractivity contribution in [2.24, 2.45) is 0 Å². The Morgan fingerprint density at radius 3 is 2.91 bits per heavy atom. The van der Waals surface area contributed by atoms with E-state index in [4.69, 9.17) is 0 Å². The minimum atomic E-state index is -3.08. The van der Waals surface area contributed by atoms with E-state index in [0.29, 0.717) is 0 Å². The van der Waals surface area contributed by atoms with Crippen LogP contribution in [-0.2, 0) is 16.6 Å². The molecule has 0 radical (unpaired) electrons. The molecule has 1 aromatic rings. The van der Waals surface area contributed by atoms with Gasteiger partial charge in [-0.25, -0.2) is 18.1 Å². The molecule has 11 heavy (non-hydrogen) atoms. The van der Waals surface area contributed by atoms with Crippen molar-refractivity contribution in [1.29, 1.82) is 0 Å². The van der Waals surface area contributed by atoms with Gasteiger partial charge in [-0.2, -0.15) is 0 Å². The van der Waals surface area contributed by atoms with Crippen LogP contribution in [0.4, 0.5) is 0 Å². The average molecular weight is 192 g/mol. The largest absolute Gasteiger partial charge is 0.248 e. The highest BCUT2D eigenvalue weighted by Gasteiger charge is 2.01. The zero-order chi connectivity index (χ0) is 8.32. The van der Waals surface area contributed by atoms with Crippen LogP contribution in [0.5, 0.6) is 0 Å². The van der Waals surface area contributed by atoms with Crippen LogP contribution < -0.4 is 4.72 Å². The number of nitrogens with zero attached hydrogens (tertiary/aromatic N) is 1. The predicted molar refractivity (Wildman–Crippen MR) is 43.8 cm³/mol. The lowest BCUT2D eigenvalue weighted by Crippen LogP contribution is -2.20. The summed E-state index contributed by atoms with van der Waals surface area (Å²) in [7, 11) is -3.08. The highest BCUT2D eigenvalue weighted by molar-refractivity contribution is 7.88. The molecular weight excluding hydrogens is 184 g/mol. The molecule has 1 aromatic heterocycles. The fourth-order valence-electron chi connectivity index (χ4n) is 0.533. The number of nitrogens with one attached hydrogen (secondary N) is 1. The van der Waals surface area contributed by atoms with Crippen LogP contribution in [0.2, 0.25) is 0 Å². The van der Waals surface area contributed by atoms with Crippen LogP contribution in [-0.4, -0.2) is 19.7 Å². The van der Waals surface area contributed by atoms with Crippen molar-refractivity contribution in [3.8, 4) is 0 Å². The van der Waals surface area contributed by atoms with Crippen molar-refractivity contribution in [3.05, 3.63) is 16.6 Å². The molecule has 0 saturated carbocycles. The second kappa shape index (κ2) is 3.29. The summed E-state index contributed by atoms with van der Waals surface area (Å²) in [6, 6.07) is 0. The maximum Gasteiger partial charge on any atom is 0.209 e. The van der Waals surface area contributed by atoms with Crippen LogP contribution in [0.1, 0.15) is 5.01 Å². The van der Waals surface area contributed by atoms with Gasteiger partial charge >= 0.3 is 0 Å². The van der Waals surface area contributed by atoms with E-state index < -0.39 is 10.0 Å². The molecule has 0 aliphatic heterocycles. The SMILES string of the molecule is CS(=O)(=O)NCc1nccs1. The normalized spacial score (nSPS) is 11.7. The smallest absolute Gasteiger partial charge is 0.209 e. The number of hydrogen-bond donors (Lipinski definition) is 1. The fraction of sp³-hybridized carbons (Fsp3) is 0.400. The fourth-order valence-corrected chi connectivity index (χ4v) is 1.58. The second-order valence-electron chi connectivity index (χ2n) is 2.02. The van der Waals surface area contributed by atoms with Gasteiger partial charge in [0.2, 0.25) is 10.0 Å². The van der Waals surface area contributed by atoms with Crippen LogP contribution in [0.15, 0.2) is 11.6 Å². The Morgan fingerprint density at radius 2 is 2.45 bits per heavy atom. The van der Waals surface area contributed by atoms with Gasteiger partial charge in [-0.1, -0.05) is 0 Å².